The van der Waals surface area contributed by atoms with Gasteiger partial charge >= 0.3 is 0 Å². The van der Waals surface area contributed by atoms with Gasteiger partial charge in [0.05, 0.1) is 0 Å². The summed E-state index contributed by atoms with van der Waals surface area (Å²) in [6, 6.07) is 5.23. The van der Waals surface area contributed by atoms with Gasteiger partial charge < -0.3 is 9.78 Å². The van der Waals surface area contributed by atoms with Crippen molar-refractivity contribution in [3.05, 3.63) is 35.3 Å². The number of aromatic amines is 1. The monoisotopic (exact) mass is 219 g/mol. The Morgan fingerprint density at radius 2 is 2.19 bits per heavy atom. The van der Waals surface area contributed by atoms with E-state index in [0.717, 1.165) is 22.9 Å². The molecule has 0 bridgehead atoms. The van der Waals surface area contributed by atoms with Crippen LogP contribution in [0.1, 0.15) is 30.5 Å². The largest absolute Gasteiger partial charge is 0.359 e. The van der Waals surface area contributed by atoms with E-state index in [0.29, 0.717) is 12.0 Å². The molecule has 3 heteroatoms. The van der Waals surface area contributed by atoms with Gasteiger partial charge in [0.15, 0.2) is 0 Å². The summed E-state index contributed by atoms with van der Waals surface area (Å²) >= 11 is 0. The summed E-state index contributed by atoms with van der Waals surface area (Å²) in [5.41, 5.74) is 2.53. The molecule has 0 saturated carbocycles. The van der Waals surface area contributed by atoms with Crippen LogP contribution >= 0.6 is 0 Å². The lowest BCUT2D eigenvalue weighted by Gasteiger charge is -2.09. The molecule has 0 spiro atoms. The van der Waals surface area contributed by atoms with Crippen LogP contribution in [-0.4, -0.2) is 11.3 Å². The van der Waals surface area contributed by atoms with Gasteiger partial charge in [-0.05, 0) is 36.6 Å². The second kappa shape index (κ2) is 4.08. The number of nitrogens with one attached hydrogen (secondary N) is 1. The number of carbonyl (C=O) groups excluding carboxylic acids is 1. The van der Waals surface area contributed by atoms with Crippen molar-refractivity contribution in [1.29, 1.82) is 0 Å². The first-order chi connectivity index (χ1) is 7.61. The summed E-state index contributed by atoms with van der Waals surface area (Å²) in [7, 11) is 0. The molecule has 0 aliphatic rings. The number of fused-ring (bicyclic) bond motifs is 1. The summed E-state index contributed by atoms with van der Waals surface area (Å²) in [6.07, 6.45) is 1.18. The van der Waals surface area contributed by atoms with E-state index >= 15 is 0 Å². The average Bonchev–Trinajstić information content (AvgIpc) is 2.56. The van der Waals surface area contributed by atoms with Gasteiger partial charge in [-0.1, -0.05) is 6.92 Å². The molecule has 1 heterocycles. The van der Waals surface area contributed by atoms with Gasteiger partial charge in [-0.2, -0.15) is 0 Å². The van der Waals surface area contributed by atoms with Crippen LogP contribution in [0.25, 0.3) is 10.9 Å². The van der Waals surface area contributed by atoms with Gasteiger partial charge in [-0.15, -0.1) is 0 Å². The molecular weight excluding hydrogens is 205 g/mol. The van der Waals surface area contributed by atoms with Crippen molar-refractivity contribution >= 4 is 17.2 Å². The van der Waals surface area contributed by atoms with Crippen LogP contribution in [0.4, 0.5) is 4.39 Å². The highest BCUT2D eigenvalue weighted by Gasteiger charge is 2.12. The Kier molecular flexibility index (Phi) is 2.77. The first-order valence-corrected chi connectivity index (χ1v) is 5.34. The highest BCUT2D eigenvalue weighted by atomic mass is 19.1. The van der Waals surface area contributed by atoms with Gasteiger partial charge in [0, 0.05) is 23.0 Å². The number of aromatic nitrogens is 1. The Morgan fingerprint density at radius 3 is 2.88 bits per heavy atom. The molecule has 1 N–H and O–H groups in total. The van der Waals surface area contributed by atoms with Crippen LogP contribution in [0, 0.1) is 12.7 Å². The molecule has 1 unspecified atom stereocenters. The maximum atomic E-state index is 13.8. The second-order valence-corrected chi connectivity index (χ2v) is 4.22. The van der Waals surface area contributed by atoms with E-state index in [1.54, 1.807) is 6.07 Å². The predicted octanol–water partition coefficient (Wildman–Crippen LogP) is 3.31. The number of aryl methyl sites for hydroxylation is 1. The Morgan fingerprint density at radius 1 is 1.44 bits per heavy atom. The highest BCUT2D eigenvalue weighted by molar-refractivity contribution is 5.81. The van der Waals surface area contributed by atoms with Crippen LogP contribution in [0.15, 0.2) is 18.2 Å². The van der Waals surface area contributed by atoms with Crippen LogP contribution in [0.5, 0.6) is 0 Å². The zero-order chi connectivity index (χ0) is 11.7. The molecule has 84 valence electrons. The smallest absolute Gasteiger partial charge is 0.127 e. The normalized spacial score (nSPS) is 12.9. The maximum Gasteiger partial charge on any atom is 0.127 e. The third kappa shape index (κ3) is 1.85. The SMILES string of the molecule is Cc1cc2cc(F)c(C(C)CC=O)cc2[nH]1. The number of benzene rings is 1. The molecule has 1 aromatic heterocycles. The summed E-state index contributed by atoms with van der Waals surface area (Å²) in [5, 5.41) is 0.872. The number of H-pyrrole nitrogens is 1. The quantitative estimate of drug-likeness (QED) is 0.789. The molecule has 1 aromatic carbocycles. The van der Waals surface area contributed by atoms with Gasteiger partial charge in [0.25, 0.3) is 0 Å². The molecule has 0 aliphatic heterocycles. The molecule has 16 heavy (non-hydrogen) atoms. The molecule has 1 atom stereocenters. The molecule has 2 aromatic rings. The van der Waals surface area contributed by atoms with Crippen LogP contribution in [0.2, 0.25) is 0 Å². The van der Waals surface area contributed by atoms with Crippen molar-refractivity contribution in [2.75, 3.05) is 0 Å². The van der Waals surface area contributed by atoms with Gasteiger partial charge in [-0.25, -0.2) is 4.39 Å². The third-order valence-corrected chi connectivity index (χ3v) is 2.85. The van der Waals surface area contributed by atoms with E-state index in [-0.39, 0.29) is 11.7 Å². The van der Waals surface area contributed by atoms with E-state index < -0.39 is 0 Å². The molecular formula is C13H14FNO. The first kappa shape index (κ1) is 10.9. The number of hydrogen-bond acceptors (Lipinski definition) is 1. The lowest BCUT2D eigenvalue weighted by Crippen LogP contribution is -1.98. The van der Waals surface area contributed by atoms with Crippen molar-refractivity contribution in [2.45, 2.75) is 26.2 Å². The minimum atomic E-state index is -0.235. The highest BCUT2D eigenvalue weighted by Crippen LogP contribution is 2.26. The fourth-order valence-corrected chi connectivity index (χ4v) is 1.96. The van der Waals surface area contributed by atoms with Crippen molar-refractivity contribution in [3.8, 4) is 0 Å². The number of aldehydes is 1. The maximum absolute atomic E-state index is 13.8. The van der Waals surface area contributed by atoms with E-state index in [1.807, 2.05) is 19.9 Å². The Balaban J connectivity index is 2.52. The van der Waals surface area contributed by atoms with Crippen LogP contribution in [0.3, 0.4) is 0 Å². The Hall–Kier alpha value is -1.64. The molecule has 2 rings (SSSR count). The number of rotatable bonds is 3. The topological polar surface area (TPSA) is 32.9 Å². The number of halogens is 1. The first-order valence-electron chi connectivity index (χ1n) is 5.34. The molecule has 0 radical (unpaired) electrons. The van der Waals surface area contributed by atoms with E-state index in [4.69, 9.17) is 0 Å². The van der Waals surface area contributed by atoms with Crippen LogP contribution < -0.4 is 0 Å². The average molecular weight is 219 g/mol. The fraction of sp³-hybridized carbons (Fsp3) is 0.308. The van der Waals surface area contributed by atoms with Crippen molar-refractivity contribution < 1.29 is 9.18 Å². The standard InChI is InChI=1S/C13H14FNO/c1-8(3-4-16)11-7-13-10(6-12(11)14)5-9(2)15-13/h4-8,15H,3H2,1-2H3. The lowest BCUT2D eigenvalue weighted by molar-refractivity contribution is -0.108. The summed E-state index contributed by atoms with van der Waals surface area (Å²) in [5.74, 6) is -0.314. The minimum Gasteiger partial charge on any atom is -0.359 e. The molecule has 0 aliphatic carbocycles. The molecule has 2 nitrogen and oxygen atoms in total. The van der Waals surface area contributed by atoms with Gasteiger partial charge in [0.2, 0.25) is 0 Å². The second-order valence-electron chi connectivity index (χ2n) is 4.22. The number of hydrogen-bond donors (Lipinski definition) is 1. The van der Waals surface area contributed by atoms with Gasteiger partial charge in [0.1, 0.15) is 12.1 Å². The minimum absolute atomic E-state index is 0.0782. The van der Waals surface area contributed by atoms with E-state index in [9.17, 15) is 9.18 Å². The van der Waals surface area contributed by atoms with Crippen molar-refractivity contribution in [1.82, 2.24) is 4.98 Å². The van der Waals surface area contributed by atoms with Crippen molar-refractivity contribution in [3.63, 3.8) is 0 Å². The van der Waals surface area contributed by atoms with Crippen molar-refractivity contribution in [2.24, 2.45) is 0 Å². The van der Waals surface area contributed by atoms with E-state index in [1.165, 1.54) is 6.07 Å². The zero-order valence-corrected chi connectivity index (χ0v) is 9.38. The number of carbonyl (C=O) groups is 1. The molecule has 0 amide bonds. The van der Waals surface area contributed by atoms with Gasteiger partial charge in [-0.3, -0.25) is 0 Å². The lowest BCUT2D eigenvalue weighted by atomic mass is 9.97. The summed E-state index contributed by atoms with van der Waals surface area (Å²) in [6.45, 7) is 3.79. The van der Waals surface area contributed by atoms with E-state index in [2.05, 4.69) is 4.98 Å². The third-order valence-electron chi connectivity index (χ3n) is 2.85. The Labute approximate surface area is 93.5 Å². The zero-order valence-electron chi connectivity index (χ0n) is 9.38. The summed E-state index contributed by atoms with van der Waals surface area (Å²) in [4.78, 5) is 13.6. The molecule has 0 fully saturated rings. The summed E-state index contributed by atoms with van der Waals surface area (Å²) < 4.78 is 13.8. The Bertz CT molecular complexity index is 530. The predicted molar refractivity (Wildman–Crippen MR) is 62.1 cm³/mol. The van der Waals surface area contributed by atoms with Crippen LogP contribution in [-0.2, 0) is 4.79 Å². The molecule has 0 saturated heterocycles. The fourth-order valence-electron chi connectivity index (χ4n) is 1.96.